The Bertz CT molecular complexity index is 1100. The van der Waals surface area contributed by atoms with Crippen LogP contribution in [-0.2, 0) is 21.0 Å². The van der Waals surface area contributed by atoms with Crippen molar-refractivity contribution in [1.82, 2.24) is 10.3 Å². The maximum Gasteiger partial charge on any atom is 0.353 e. The maximum absolute atomic E-state index is 12.3. The van der Waals surface area contributed by atoms with Crippen molar-refractivity contribution in [3.63, 3.8) is 0 Å². The number of carbonyl (C=O) groups is 2. The molecule has 1 heterocycles. The van der Waals surface area contributed by atoms with Gasteiger partial charge in [0.15, 0.2) is 10.6 Å². The molecule has 160 valence electrons. The van der Waals surface area contributed by atoms with Crippen LogP contribution in [0.1, 0.15) is 20.8 Å². The molecule has 31 heavy (non-hydrogen) atoms. The summed E-state index contributed by atoms with van der Waals surface area (Å²) in [6, 6.07) is 16.6. The molecule has 0 fully saturated rings. The van der Waals surface area contributed by atoms with Crippen LogP contribution in [-0.4, -0.2) is 43.8 Å². The number of nitrogens with one attached hydrogen (secondary N) is 1. The number of aromatic nitrogens is 1. The van der Waals surface area contributed by atoms with Crippen LogP contribution in [0.2, 0.25) is 0 Å². The van der Waals surface area contributed by atoms with E-state index in [2.05, 4.69) is 15.5 Å². The zero-order chi connectivity index (χ0) is 22.2. The van der Waals surface area contributed by atoms with Crippen molar-refractivity contribution in [2.24, 2.45) is 5.16 Å². The van der Waals surface area contributed by atoms with Gasteiger partial charge in [-0.3, -0.25) is 4.79 Å². The molecule has 3 rings (SSSR count). The predicted molar refractivity (Wildman–Crippen MR) is 117 cm³/mol. The van der Waals surface area contributed by atoms with Crippen LogP contribution in [0.3, 0.4) is 0 Å². The van der Waals surface area contributed by atoms with E-state index in [0.717, 1.165) is 5.56 Å². The van der Waals surface area contributed by atoms with Crippen LogP contribution in [0, 0.1) is 0 Å². The lowest BCUT2D eigenvalue weighted by Gasteiger charge is -2.11. The summed E-state index contributed by atoms with van der Waals surface area (Å²) in [7, 11) is 4.18. The van der Waals surface area contributed by atoms with Crippen molar-refractivity contribution in [1.29, 1.82) is 0 Å². The van der Waals surface area contributed by atoms with E-state index in [1.54, 1.807) is 18.2 Å². The molecule has 0 saturated carbocycles. The molecule has 2 aromatic carbocycles. The number of amides is 1. The van der Waals surface area contributed by atoms with Gasteiger partial charge in [-0.05, 0) is 5.56 Å². The number of esters is 1. The van der Waals surface area contributed by atoms with E-state index in [1.807, 2.05) is 36.4 Å². The summed E-state index contributed by atoms with van der Waals surface area (Å²) in [5.41, 5.74) is 2.19. The van der Waals surface area contributed by atoms with Crippen LogP contribution >= 0.6 is 11.3 Å². The number of ether oxygens (including phenoxy) is 2. The van der Waals surface area contributed by atoms with Gasteiger partial charge in [-0.1, -0.05) is 59.8 Å². The smallest absolute Gasteiger partial charge is 0.353 e. The molecule has 0 aliphatic rings. The highest BCUT2D eigenvalue weighted by Gasteiger charge is 2.22. The number of oxime groups is 1. The summed E-state index contributed by atoms with van der Waals surface area (Å²) in [5, 5.41) is 7.02. The molecule has 1 N–H and O–H groups in total. The SMILES string of the molecule is CNC(=O)C(=NOC)c1ccccc1COc1nc(-c2ccccc2)sc1C(=O)OC. The number of likely N-dealkylation sites (N-methyl/N-ethyl adjacent to an activating group) is 1. The number of rotatable bonds is 8. The average Bonchev–Trinajstić information content (AvgIpc) is 3.25. The van der Waals surface area contributed by atoms with Gasteiger partial charge >= 0.3 is 5.97 Å². The molecule has 8 nitrogen and oxygen atoms in total. The van der Waals surface area contributed by atoms with Gasteiger partial charge in [0, 0.05) is 18.2 Å². The van der Waals surface area contributed by atoms with Gasteiger partial charge in [0.05, 0.1) is 7.11 Å². The molecule has 0 bridgehead atoms. The molecule has 0 unspecified atom stereocenters. The summed E-state index contributed by atoms with van der Waals surface area (Å²) < 4.78 is 10.8. The Morgan fingerprint density at radius 2 is 1.77 bits per heavy atom. The molecule has 0 atom stereocenters. The van der Waals surface area contributed by atoms with Crippen LogP contribution < -0.4 is 10.1 Å². The number of hydrogen-bond donors (Lipinski definition) is 1. The predicted octanol–water partition coefficient (Wildman–Crippen LogP) is 3.27. The molecule has 0 radical (unpaired) electrons. The van der Waals surface area contributed by atoms with Gasteiger partial charge < -0.3 is 19.6 Å². The quantitative estimate of drug-likeness (QED) is 0.329. The minimum absolute atomic E-state index is 0.0534. The molecular formula is C22H21N3O5S. The van der Waals surface area contributed by atoms with E-state index in [4.69, 9.17) is 14.3 Å². The highest BCUT2D eigenvalue weighted by Crippen LogP contribution is 2.33. The molecule has 0 aliphatic heterocycles. The van der Waals surface area contributed by atoms with Gasteiger partial charge in [-0.15, -0.1) is 11.3 Å². The second kappa shape index (κ2) is 10.4. The number of methoxy groups -OCH3 is 1. The Balaban J connectivity index is 1.93. The van der Waals surface area contributed by atoms with Gasteiger partial charge in [-0.2, -0.15) is 0 Å². The van der Waals surface area contributed by atoms with Crippen LogP contribution in [0.15, 0.2) is 59.8 Å². The fourth-order valence-corrected chi connectivity index (χ4v) is 3.71. The number of benzene rings is 2. The Kier molecular flexibility index (Phi) is 7.34. The lowest BCUT2D eigenvalue weighted by Crippen LogP contribution is -2.29. The Morgan fingerprint density at radius 3 is 2.45 bits per heavy atom. The molecule has 0 aliphatic carbocycles. The van der Waals surface area contributed by atoms with Crippen LogP contribution in [0.25, 0.3) is 10.6 Å². The summed E-state index contributed by atoms with van der Waals surface area (Å²) in [4.78, 5) is 34.1. The fourth-order valence-electron chi connectivity index (χ4n) is 2.78. The first-order valence-electron chi connectivity index (χ1n) is 9.27. The van der Waals surface area contributed by atoms with Crippen molar-refractivity contribution in [3.8, 4) is 16.5 Å². The Labute approximate surface area is 183 Å². The van der Waals surface area contributed by atoms with Crippen molar-refractivity contribution in [3.05, 3.63) is 70.6 Å². The van der Waals surface area contributed by atoms with Crippen LogP contribution in [0.5, 0.6) is 5.88 Å². The zero-order valence-corrected chi connectivity index (χ0v) is 18.1. The van der Waals surface area contributed by atoms with Gasteiger partial charge in [0.25, 0.3) is 5.91 Å². The number of thiazole rings is 1. The minimum atomic E-state index is -0.532. The van der Waals surface area contributed by atoms with E-state index < -0.39 is 11.9 Å². The second-order valence-electron chi connectivity index (χ2n) is 6.16. The van der Waals surface area contributed by atoms with Gasteiger partial charge in [0.1, 0.15) is 18.7 Å². The van der Waals surface area contributed by atoms with Crippen molar-refractivity contribution in [2.45, 2.75) is 6.61 Å². The molecule has 3 aromatic rings. The molecule has 0 saturated heterocycles. The summed E-state index contributed by atoms with van der Waals surface area (Å²) in [6.45, 7) is 0.0534. The first kappa shape index (κ1) is 22.0. The van der Waals surface area contributed by atoms with E-state index in [0.29, 0.717) is 16.1 Å². The van der Waals surface area contributed by atoms with Crippen molar-refractivity contribution < 1.29 is 23.9 Å². The first-order chi connectivity index (χ1) is 15.1. The van der Waals surface area contributed by atoms with Gasteiger partial charge in [-0.25, -0.2) is 9.78 Å². The summed E-state index contributed by atoms with van der Waals surface area (Å²) >= 11 is 1.19. The molecule has 1 amide bonds. The molecule has 0 spiro atoms. The largest absolute Gasteiger partial charge is 0.472 e. The maximum atomic E-state index is 12.3. The summed E-state index contributed by atoms with van der Waals surface area (Å²) in [5.74, 6) is -0.768. The molecule has 9 heteroatoms. The number of hydrogen-bond acceptors (Lipinski definition) is 8. The number of nitrogens with zero attached hydrogens (tertiary/aromatic N) is 2. The van der Waals surface area contributed by atoms with E-state index in [9.17, 15) is 9.59 Å². The van der Waals surface area contributed by atoms with Crippen molar-refractivity contribution >= 4 is 28.9 Å². The third-order valence-corrected chi connectivity index (χ3v) is 5.31. The fraction of sp³-hybridized carbons (Fsp3) is 0.182. The molecular weight excluding hydrogens is 418 g/mol. The summed E-state index contributed by atoms with van der Waals surface area (Å²) in [6.07, 6.45) is 0. The lowest BCUT2D eigenvalue weighted by molar-refractivity contribution is -0.114. The first-order valence-corrected chi connectivity index (χ1v) is 10.1. The third-order valence-electron chi connectivity index (χ3n) is 4.25. The zero-order valence-electron chi connectivity index (χ0n) is 17.2. The second-order valence-corrected chi connectivity index (χ2v) is 7.16. The normalized spacial score (nSPS) is 11.0. The topological polar surface area (TPSA) is 99.1 Å². The monoisotopic (exact) mass is 439 g/mol. The minimum Gasteiger partial charge on any atom is -0.472 e. The van der Waals surface area contributed by atoms with E-state index in [-0.39, 0.29) is 23.1 Å². The van der Waals surface area contributed by atoms with E-state index >= 15 is 0 Å². The Hall–Kier alpha value is -3.72. The standard InChI is InChI=1S/C22H21N3O5S/c1-23-19(26)17(25-29-3)16-12-8-7-11-15(16)13-30-20-18(22(27)28-2)31-21(24-20)14-9-5-4-6-10-14/h4-12H,13H2,1-3H3,(H,23,26). The van der Waals surface area contributed by atoms with Gasteiger partial charge in [0.2, 0.25) is 5.88 Å². The lowest BCUT2D eigenvalue weighted by atomic mass is 10.0. The highest BCUT2D eigenvalue weighted by molar-refractivity contribution is 7.17. The number of carbonyl (C=O) groups excluding carboxylic acids is 2. The Morgan fingerprint density at radius 1 is 1.06 bits per heavy atom. The average molecular weight is 439 g/mol. The van der Waals surface area contributed by atoms with Crippen LogP contribution in [0.4, 0.5) is 0 Å². The molecule has 1 aromatic heterocycles. The third kappa shape index (κ3) is 5.07. The van der Waals surface area contributed by atoms with Crippen molar-refractivity contribution in [2.75, 3.05) is 21.3 Å². The highest BCUT2D eigenvalue weighted by atomic mass is 32.1. The van der Waals surface area contributed by atoms with E-state index in [1.165, 1.54) is 32.6 Å².